The molecule has 0 N–H and O–H groups in total. The molecule has 3 nitrogen and oxygen atoms in total. The highest BCUT2D eigenvalue weighted by Crippen LogP contribution is 2.57. The molecule has 0 unspecified atom stereocenters. The summed E-state index contributed by atoms with van der Waals surface area (Å²) < 4.78 is 14.1. The first-order valence-corrected chi connectivity index (χ1v) is 5.62. The fourth-order valence-corrected chi connectivity index (χ4v) is 4.22. The lowest BCUT2D eigenvalue weighted by Crippen LogP contribution is -2.24. The van der Waals surface area contributed by atoms with Gasteiger partial charge in [-0.15, -0.1) is 0 Å². The van der Waals surface area contributed by atoms with Crippen molar-refractivity contribution in [3.05, 3.63) is 0 Å². The van der Waals surface area contributed by atoms with Crippen molar-refractivity contribution in [2.24, 2.45) is 0 Å². The Labute approximate surface area is 77.7 Å². The van der Waals surface area contributed by atoms with Crippen LogP contribution in [0, 0.1) is 0 Å². The van der Waals surface area contributed by atoms with E-state index >= 15 is 0 Å². The lowest BCUT2D eigenvalue weighted by Gasteiger charge is -2.31. The SMILES string of the molecule is CN(C)P(=O)(C(Cl)Cl)N(C)C. The Morgan fingerprint density at radius 1 is 1.09 bits per heavy atom. The molecule has 0 saturated carbocycles. The zero-order chi connectivity index (χ0) is 9.23. The summed E-state index contributed by atoms with van der Waals surface area (Å²) in [5.41, 5.74) is 0. The summed E-state index contributed by atoms with van der Waals surface area (Å²) in [6.45, 7) is 0. The van der Waals surface area contributed by atoms with Crippen molar-refractivity contribution in [2.45, 2.75) is 4.58 Å². The Hall–Kier alpha value is 0.730. The Bertz CT molecular complexity index is 143. The van der Waals surface area contributed by atoms with Crippen molar-refractivity contribution in [1.29, 1.82) is 0 Å². The third-order valence-electron chi connectivity index (χ3n) is 1.40. The van der Waals surface area contributed by atoms with Gasteiger partial charge in [-0.1, -0.05) is 23.2 Å². The Kier molecular flexibility index (Phi) is 4.38. The van der Waals surface area contributed by atoms with Gasteiger partial charge in [0.25, 0.3) is 0 Å². The van der Waals surface area contributed by atoms with E-state index in [0.717, 1.165) is 0 Å². The van der Waals surface area contributed by atoms with E-state index in [4.69, 9.17) is 23.2 Å². The van der Waals surface area contributed by atoms with Crippen LogP contribution in [0.2, 0.25) is 0 Å². The van der Waals surface area contributed by atoms with Gasteiger partial charge < -0.3 is 0 Å². The summed E-state index contributed by atoms with van der Waals surface area (Å²) in [5, 5.41) is 0. The predicted molar refractivity (Wildman–Crippen MR) is 50.5 cm³/mol. The molecule has 0 bridgehead atoms. The summed E-state index contributed by atoms with van der Waals surface area (Å²) in [6.07, 6.45) is 0. The van der Waals surface area contributed by atoms with Gasteiger partial charge in [0.15, 0.2) is 4.58 Å². The Morgan fingerprint density at radius 2 is 1.36 bits per heavy atom. The third-order valence-corrected chi connectivity index (χ3v) is 5.73. The number of alkyl halides is 2. The van der Waals surface area contributed by atoms with Crippen molar-refractivity contribution in [3.8, 4) is 0 Å². The molecule has 0 fully saturated rings. The lowest BCUT2D eigenvalue weighted by molar-refractivity contribution is 0.450. The summed E-state index contributed by atoms with van der Waals surface area (Å²) in [4.78, 5) is 0. The van der Waals surface area contributed by atoms with E-state index in [0.29, 0.717) is 0 Å². The molecule has 0 rings (SSSR count). The van der Waals surface area contributed by atoms with Gasteiger partial charge in [0.1, 0.15) is 0 Å². The lowest BCUT2D eigenvalue weighted by atomic mass is 11.3. The third kappa shape index (κ3) is 2.33. The minimum absolute atomic E-state index is 0.868. The monoisotopic (exact) mass is 218 g/mol. The molecule has 0 aromatic rings. The van der Waals surface area contributed by atoms with Crippen LogP contribution >= 0.6 is 30.6 Å². The van der Waals surface area contributed by atoms with E-state index in [1.54, 1.807) is 37.5 Å². The van der Waals surface area contributed by atoms with E-state index in [2.05, 4.69) is 0 Å². The minimum atomic E-state index is -2.74. The van der Waals surface area contributed by atoms with Crippen molar-refractivity contribution >= 4 is 30.6 Å². The van der Waals surface area contributed by atoms with Crippen molar-refractivity contribution in [1.82, 2.24) is 9.34 Å². The van der Waals surface area contributed by atoms with Crippen molar-refractivity contribution in [3.63, 3.8) is 0 Å². The molecule has 0 heterocycles. The van der Waals surface area contributed by atoms with Crippen molar-refractivity contribution < 1.29 is 4.57 Å². The average molecular weight is 219 g/mol. The summed E-state index contributed by atoms with van der Waals surface area (Å²) in [7, 11) is 4.03. The molecule has 68 valence electrons. The Morgan fingerprint density at radius 3 is 1.36 bits per heavy atom. The first-order chi connectivity index (χ1) is 4.83. The van der Waals surface area contributed by atoms with Crippen LogP contribution in [0.5, 0.6) is 0 Å². The summed E-state index contributed by atoms with van der Waals surface area (Å²) in [5.74, 6) is 0. The number of hydrogen-bond acceptors (Lipinski definition) is 1. The van der Waals surface area contributed by atoms with Crippen LogP contribution in [0.1, 0.15) is 0 Å². The topological polar surface area (TPSA) is 23.6 Å². The van der Waals surface area contributed by atoms with Gasteiger partial charge in [-0.2, -0.15) is 0 Å². The predicted octanol–water partition coefficient (Wildman–Crippen LogP) is 2.06. The average Bonchev–Trinajstić information content (AvgIpc) is 1.84. The Balaban J connectivity index is 4.69. The zero-order valence-electron chi connectivity index (χ0n) is 7.08. The zero-order valence-corrected chi connectivity index (χ0v) is 9.49. The normalized spacial score (nSPS) is 13.5. The highest BCUT2D eigenvalue weighted by atomic mass is 35.5. The first kappa shape index (κ1) is 11.7. The van der Waals surface area contributed by atoms with Crippen LogP contribution in [0.15, 0.2) is 0 Å². The van der Waals surface area contributed by atoms with Crippen LogP contribution in [0.3, 0.4) is 0 Å². The second kappa shape index (κ2) is 4.11. The van der Waals surface area contributed by atoms with Crippen LogP contribution in [0.25, 0.3) is 0 Å². The second-order valence-electron chi connectivity index (χ2n) is 2.56. The molecule has 0 saturated heterocycles. The van der Waals surface area contributed by atoms with Crippen molar-refractivity contribution in [2.75, 3.05) is 28.2 Å². The van der Waals surface area contributed by atoms with Gasteiger partial charge in [-0.05, 0) is 28.2 Å². The standard InChI is InChI=1S/C5H13Cl2N2OP/c1-8(2)11(10,5(6)7)9(3)4/h5H,1-4H3. The number of hydrogen-bond donors (Lipinski definition) is 0. The van der Waals surface area contributed by atoms with Crippen LogP contribution in [0.4, 0.5) is 0 Å². The number of nitrogens with zero attached hydrogens (tertiary/aromatic N) is 2. The molecule has 0 aliphatic heterocycles. The maximum atomic E-state index is 11.9. The van der Waals surface area contributed by atoms with Gasteiger partial charge in [0.05, 0.1) is 0 Å². The van der Waals surface area contributed by atoms with Crippen LogP contribution in [-0.2, 0) is 4.57 Å². The number of halogens is 2. The van der Waals surface area contributed by atoms with Gasteiger partial charge in [0, 0.05) is 0 Å². The molecule has 0 amide bonds. The fourth-order valence-electron chi connectivity index (χ4n) is 0.707. The molecule has 0 spiro atoms. The fraction of sp³-hybridized carbons (Fsp3) is 1.00. The molecule has 6 heteroatoms. The summed E-state index contributed by atoms with van der Waals surface area (Å²) in [6, 6.07) is 0. The van der Waals surface area contributed by atoms with Gasteiger partial charge in [-0.25, -0.2) is 9.34 Å². The van der Waals surface area contributed by atoms with E-state index in [1.165, 1.54) is 0 Å². The molecule has 11 heavy (non-hydrogen) atoms. The molecular formula is C5H13Cl2N2OP. The highest BCUT2D eigenvalue weighted by Gasteiger charge is 2.35. The number of rotatable bonds is 3. The maximum absolute atomic E-state index is 11.9. The molecule has 0 aromatic carbocycles. The van der Waals surface area contributed by atoms with E-state index in [1.807, 2.05) is 0 Å². The molecular weight excluding hydrogens is 206 g/mol. The van der Waals surface area contributed by atoms with Crippen LogP contribution in [-0.4, -0.2) is 42.1 Å². The maximum Gasteiger partial charge on any atom is 0.247 e. The smallest absolute Gasteiger partial charge is 0.247 e. The quantitative estimate of drug-likeness (QED) is 0.536. The molecule has 0 aromatic heterocycles. The highest BCUT2D eigenvalue weighted by molar-refractivity contribution is 7.63. The van der Waals surface area contributed by atoms with Gasteiger partial charge in [0.2, 0.25) is 7.44 Å². The van der Waals surface area contributed by atoms with E-state index < -0.39 is 12.0 Å². The molecule has 0 atom stereocenters. The summed E-state index contributed by atoms with van der Waals surface area (Å²) >= 11 is 11.2. The second-order valence-corrected chi connectivity index (χ2v) is 7.56. The molecule has 0 aliphatic carbocycles. The van der Waals surface area contributed by atoms with Crippen LogP contribution < -0.4 is 0 Å². The minimum Gasteiger partial charge on any atom is -0.286 e. The first-order valence-electron chi connectivity index (χ1n) is 3.07. The van der Waals surface area contributed by atoms with E-state index in [-0.39, 0.29) is 0 Å². The largest absolute Gasteiger partial charge is 0.286 e. The van der Waals surface area contributed by atoms with Gasteiger partial charge >= 0.3 is 0 Å². The molecule has 0 aliphatic rings. The van der Waals surface area contributed by atoms with E-state index in [9.17, 15) is 4.57 Å². The van der Waals surface area contributed by atoms with Gasteiger partial charge in [-0.3, -0.25) is 4.57 Å². The molecule has 0 radical (unpaired) electrons.